The van der Waals surface area contributed by atoms with Crippen molar-refractivity contribution in [1.29, 1.82) is 0 Å². The Morgan fingerprint density at radius 2 is 2.45 bits per heavy atom. The highest BCUT2D eigenvalue weighted by molar-refractivity contribution is 5.79. The molecule has 0 aromatic heterocycles. The van der Waals surface area contributed by atoms with Crippen LogP contribution in [0.5, 0.6) is 0 Å². The number of hydrogen-bond acceptors (Lipinski definition) is 2. The van der Waals surface area contributed by atoms with Crippen LogP contribution in [-0.2, 0) is 9.53 Å². The average Bonchev–Trinajstić information content (AvgIpc) is 1.84. The van der Waals surface area contributed by atoms with E-state index >= 15 is 0 Å². The fourth-order valence-electron chi connectivity index (χ4n) is 0.809. The van der Waals surface area contributed by atoms with Gasteiger partial charge in [0, 0.05) is 6.54 Å². The lowest BCUT2D eigenvalue weighted by molar-refractivity contribution is -0.138. The standard InChI is InChI=1S/C8H13NO2/c1-2-3-4-9-8(10)7-5-11-6-7/h2-3,7H,4-6H2,1H3,(H,9,10)/b3-2+. The minimum absolute atomic E-state index is 0.0975. The van der Waals surface area contributed by atoms with Gasteiger partial charge in [-0.15, -0.1) is 0 Å². The molecule has 11 heavy (non-hydrogen) atoms. The van der Waals surface area contributed by atoms with Crippen LogP contribution < -0.4 is 5.32 Å². The van der Waals surface area contributed by atoms with Crippen LogP contribution in [0, 0.1) is 5.92 Å². The molecule has 1 rings (SSSR count). The van der Waals surface area contributed by atoms with E-state index in [1.54, 1.807) is 0 Å². The Balaban J connectivity index is 2.10. The quantitative estimate of drug-likeness (QED) is 0.596. The molecule has 1 heterocycles. The number of hydrogen-bond donors (Lipinski definition) is 1. The Morgan fingerprint density at radius 1 is 1.73 bits per heavy atom. The Kier molecular flexibility index (Phi) is 3.11. The van der Waals surface area contributed by atoms with Crippen molar-refractivity contribution in [2.75, 3.05) is 19.8 Å². The predicted octanol–water partition coefficient (Wildman–Crippen LogP) is 0.325. The van der Waals surface area contributed by atoms with Crippen molar-refractivity contribution in [1.82, 2.24) is 5.32 Å². The zero-order valence-electron chi connectivity index (χ0n) is 6.67. The molecule has 0 unspecified atom stereocenters. The van der Waals surface area contributed by atoms with E-state index in [4.69, 9.17) is 4.74 Å². The molecule has 3 nitrogen and oxygen atoms in total. The van der Waals surface area contributed by atoms with Crippen molar-refractivity contribution in [2.45, 2.75) is 6.92 Å². The topological polar surface area (TPSA) is 38.3 Å². The third-order valence-corrected chi connectivity index (χ3v) is 1.64. The molecule has 1 saturated heterocycles. The van der Waals surface area contributed by atoms with Gasteiger partial charge in [0.25, 0.3) is 0 Å². The van der Waals surface area contributed by atoms with Gasteiger partial charge < -0.3 is 10.1 Å². The second-order valence-corrected chi connectivity index (χ2v) is 2.55. The molecule has 0 bridgehead atoms. The van der Waals surface area contributed by atoms with E-state index in [1.165, 1.54) is 0 Å². The highest BCUT2D eigenvalue weighted by Gasteiger charge is 2.25. The Labute approximate surface area is 66.4 Å². The van der Waals surface area contributed by atoms with Crippen LogP contribution in [0.1, 0.15) is 6.92 Å². The zero-order chi connectivity index (χ0) is 8.10. The van der Waals surface area contributed by atoms with Gasteiger partial charge in [0.15, 0.2) is 0 Å². The molecule has 0 aliphatic carbocycles. The largest absolute Gasteiger partial charge is 0.380 e. The molecule has 0 radical (unpaired) electrons. The Bertz CT molecular complexity index is 161. The average molecular weight is 155 g/mol. The highest BCUT2D eigenvalue weighted by Crippen LogP contribution is 2.08. The molecule has 0 aromatic rings. The molecular weight excluding hydrogens is 142 g/mol. The van der Waals surface area contributed by atoms with Crippen LogP contribution in [-0.4, -0.2) is 25.7 Å². The number of ether oxygens (including phenoxy) is 1. The van der Waals surface area contributed by atoms with E-state index < -0.39 is 0 Å². The van der Waals surface area contributed by atoms with Crippen molar-refractivity contribution in [3.8, 4) is 0 Å². The van der Waals surface area contributed by atoms with Gasteiger partial charge in [0.2, 0.25) is 5.91 Å². The minimum Gasteiger partial charge on any atom is -0.380 e. The van der Waals surface area contributed by atoms with E-state index in [9.17, 15) is 4.79 Å². The minimum atomic E-state index is 0.0975. The van der Waals surface area contributed by atoms with E-state index in [1.807, 2.05) is 19.1 Å². The smallest absolute Gasteiger partial charge is 0.228 e. The first-order valence-corrected chi connectivity index (χ1v) is 3.81. The number of rotatable bonds is 3. The summed E-state index contributed by atoms with van der Waals surface area (Å²) in [5.41, 5.74) is 0. The monoisotopic (exact) mass is 155 g/mol. The third-order valence-electron chi connectivity index (χ3n) is 1.64. The van der Waals surface area contributed by atoms with Gasteiger partial charge in [-0.25, -0.2) is 0 Å². The number of amides is 1. The second kappa shape index (κ2) is 4.13. The Morgan fingerprint density at radius 3 is 2.91 bits per heavy atom. The van der Waals surface area contributed by atoms with Crippen LogP contribution in [0.2, 0.25) is 0 Å². The summed E-state index contributed by atoms with van der Waals surface area (Å²) in [5, 5.41) is 2.78. The number of allylic oxidation sites excluding steroid dienone is 1. The molecule has 0 spiro atoms. The molecule has 62 valence electrons. The van der Waals surface area contributed by atoms with Crippen LogP contribution in [0.25, 0.3) is 0 Å². The fourth-order valence-corrected chi connectivity index (χ4v) is 0.809. The van der Waals surface area contributed by atoms with Gasteiger partial charge in [0.05, 0.1) is 19.1 Å². The first-order valence-electron chi connectivity index (χ1n) is 3.81. The summed E-state index contributed by atoms with van der Waals surface area (Å²) < 4.78 is 4.88. The van der Waals surface area contributed by atoms with E-state index in [-0.39, 0.29) is 11.8 Å². The normalized spacial score (nSPS) is 18.3. The maximum Gasteiger partial charge on any atom is 0.228 e. The van der Waals surface area contributed by atoms with Crippen LogP contribution in [0.3, 0.4) is 0 Å². The second-order valence-electron chi connectivity index (χ2n) is 2.55. The molecule has 3 heteroatoms. The SMILES string of the molecule is C/C=C/CNC(=O)C1COC1. The highest BCUT2D eigenvalue weighted by atomic mass is 16.5. The third kappa shape index (κ3) is 2.35. The van der Waals surface area contributed by atoms with Gasteiger partial charge in [-0.1, -0.05) is 12.2 Å². The van der Waals surface area contributed by atoms with Crippen LogP contribution in [0.4, 0.5) is 0 Å². The van der Waals surface area contributed by atoms with Crippen molar-refractivity contribution in [3.05, 3.63) is 12.2 Å². The maximum absolute atomic E-state index is 11.1. The van der Waals surface area contributed by atoms with Gasteiger partial charge in [-0.3, -0.25) is 4.79 Å². The van der Waals surface area contributed by atoms with Crippen molar-refractivity contribution in [3.63, 3.8) is 0 Å². The summed E-state index contributed by atoms with van der Waals surface area (Å²) in [7, 11) is 0. The van der Waals surface area contributed by atoms with Crippen molar-refractivity contribution in [2.24, 2.45) is 5.92 Å². The molecular formula is C8H13NO2. The van der Waals surface area contributed by atoms with Crippen molar-refractivity contribution < 1.29 is 9.53 Å². The van der Waals surface area contributed by atoms with Gasteiger partial charge in [-0.2, -0.15) is 0 Å². The lowest BCUT2D eigenvalue weighted by Crippen LogP contribution is -2.42. The molecule has 0 aromatic carbocycles. The molecule has 0 saturated carbocycles. The molecule has 1 fully saturated rings. The lowest BCUT2D eigenvalue weighted by atomic mass is 10.1. The van der Waals surface area contributed by atoms with E-state index in [0.717, 1.165) is 0 Å². The maximum atomic E-state index is 11.1. The van der Waals surface area contributed by atoms with Gasteiger partial charge in [0.1, 0.15) is 0 Å². The number of carbonyl (C=O) groups is 1. The summed E-state index contributed by atoms with van der Waals surface area (Å²) in [4.78, 5) is 11.1. The summed E-state index contributed by atoms with van der Waals surface area (Å²) >= 11 is 0. The molecule has 1 aliphatic heterocycles. The summed E-state index contributed by atoms with van der Waals surface area (Å²) in [5.74, 6) is 0.203. The molecule has 1 N–H and O–H groups in total. The summed E-state index contributed by atoms with van der Waals surface area (Å²) in [6.07, 6.45) is 3.83. The molecule has 1 amide bonds. The Hall–Kier alpha value is -0.830. The summed E-state index contributed by atoms with van der Waals surface area (Å²) in [6.45, 7) is 3.73. The predicted molar refractivity (Wildman–Crippen MR) is 42.1 cm³/mol. The number of carbonyl (C=O) groups excluding carboxylic acids is 1. The van der Waals surface area contributed by atoms with E-state index in [2.05, 4.69) is 5.32 Å². The van der Waals surface area contributed by atoms with Crippen molar-refractivity contribution >= 4 is 5.91 Å². The summed E-state index contributed by atoms with van der Waals surface area (Å²) in [6, 6.07) is 0. The zero-order valence-corrected chi connectivity index (χ0v) is 6.67. The first-order chi connectivity index (χ1) is 5.34. The van der Waals surface area contributed by atoms with Gasteiger partial charge in [-0.05, 0) is 6.92 Å². The fraction of sp³-hybridized carbons (Fsp3) is 0.625. The number of nitrogens with one attached hydrogen (secondary N) is 1. The van der Waals surface area contributed by atoms with Crippen LogP contribution >= 0.6 is 0 Å². The van der Waals surface area contributed by atoms with Crippen LogP contribution in [0.15, 0.2) is 12.2 Å². The molecule has 0 atom stereocenters. The van der Waals surface area contributed by atoms with Gasteiger partial charge >= 0.3 is 0 Å². The lowest BCUT2D eigenvalue weighted by Gasteiger charge is -2.24. The van der Waals surface area contributed by atoms with E-state index in [0.29, 0.717) is 19.8 Å². The molecule has 1 aliphatic rings. The first kappa shape index (κ1) is 8.27.